The van der Waals surface area contributed by atoms with Gasteiger partial charge in [-0.15, -0.1) is 0 Å². The zero-order valence-corrected chi connectivity index (χ0v) is 20.9. The Balaban J connectivity index is 1.39. The van der Waals surface area contributed by atoms with E-state index in [-0.39, 0.29) is 36.1 Å². The standard InChI is InChI=1S/C28H38N2O4/c1-16-26(32)20-7-5-6-18-12-21(18)14-24(34-25(31)10-11-28(3,15-20)27(16)33)19-8-9-23-22(13-19)29-17(2)30(23)4/h8-9,13,16,18,20-21,24,26,32H,5-7,10-12,14-15H2,1-4H3/t16-,18?,20-,21?,24?,26?,28?/m1/s1. The van der Waals surface area contributed by atoms with E-state index in [1.165, 1.54) is 6.42 Å². The molecule has 6 nitrogen and oxygen atoms in total. The summed E-state index contributed by atoms with van der Waals surface area (Å²) in [6.45, 7) is 5.82. The molecule has 2 bridgehead atoms. The van der Waals surface area contributed by atoms with Crippen LogP contribution in [0.15, 0.2) is 18.2 Å². The van der Waals surface area contributed by atoms with Crippen LogP contribution in [0.25, 0.3) is 11.0 Å². The molecular formula is C28H38N2O4. The first-order chi connectivity index (χ1) is 16.2. The first kappa shape index (κ1) is 23.5. The molecule has 0 amide bonds. The van der Waals surface area contributed by atoms with Crippen molar-refractivity contribution in [3.8, 4) is 0 Å². The number of ether oxygens (including phenoxy) is 1. The van der Waals surface area contributed by atoms with Gasteiger partial charge in [-0.2, -0.15) is 0 Å². The van der Waals surface area contributed by atoms with Gasteiger partial charge in [-0.05, 0) is 74.5 Å². The summed E-state index contributed by atoms with van der Waals surface area (Å²) in [6, 6.07) is 6.21. The lowest BCUT2D eigenvalue weighted by atomic mass is 9.62. The van der Waals surface area contributed by atoms with E-state index in [0.29, 0.717) is 24.7 Å². The van der Waals surface area contributed by atoms with Gasteiger partial charge in [0.25, 0.3) is 0 Å². The molecule has 184 valence electrons. The molecule has 0 spiro atoms. The van der Waals surface area contributed by atoms with E-state index in [2.05, 4.69) is 27.8 Å². The van der Waals surface area contributed by atoms with Crippen LogP contribution in [0.2, 0.25) is 0 Å². The summed E-state index contributed by atoms with van der Waals surface area (Å²) < 4.78 is 8.17. The molecule has 2 heterocycles. The number of Topliss-reactive ketones (excluding diaryl/α,β-unsaturated/α-hetero) is 1. The molecule has 1 aromatic heterocycles. The number of fused-ring (bicyclic) bond motifs is 4. The number of aryl methyl sites for hydroxylation is 2. The fourth-order valence-corrected chi connectivity index (χ4v) is 6.67. The Bertz CT molecular complexity index is 1110. The molecule has 5 rings (SSSR count). The molecule has 7 atom stereocenters. The molecule has 0 radical (unpaired) electrons. The van der Waals surface area contributed by atoms with Crippen molar-refractivity contribution in [2.45, 2.75) is 84.3 Å². The van der Waals surface area contributed by atoms with Crippen molar-refractivity contribution in [3.05, 3.63) is 29.6 Å². The zero-order chi connectivity index (χ0) is 24.2. The predicted molar refractivity (Wildman–Crippen MR) is 130 cm³/mol. The van der Waals surface area contributed by atoms with Crippen molar-refractivity contribution in [1.82, 2.24) is 9.55 Å². The van der Waals surface area contributed by atoms with Crippen molar-refractivity contribution >= 4 is 22.8 Å². The second-order valence-corrected chi connectivity index (χ2v) is 11.5. The van der Waals surface area contributed by atoms with E-state index in [1.54, 1.807) is 0 Å². The third kappa shape index (κ3) is 4.30. The van der Waals surface area contributed by atoms with Crippen molar-refractivity contribution < 1.29 is 19.4 Å². The van der Waals surface area contributed by atoms with Gasteiger partial charge in [-0.25, -0.2) is 4.98 Å². The van der Waals surface area contributed by atoms with Crippen LogP contribution in [-0.2, 0) is 21.4 Å². The van der Waals surface area contributed by atoms with E-state index in [1.807, 2.05) is 27.8 Å². The van der Waals surface area contributed by atoms with Crippen LogP contribution in [0.1, 0.15) is 82.7 Å². The van der Waals surface area contributed by atoms with Gasteiger partial charge in [0.05, 0.1) is 17.1 Å². The van der Waals surface area contributed by atoms with E-state index in [0.717, 1.165) is 48.1 Å². The number of carbonyl (C=O) groups is 2. The molecule has 2 aromatic rings. The first-order valence-electron chi connectivity index (χ1n) is 13.0. The summed E-state index contributed by atoms with van der Waals surface area (Å²) in [6.07, 6.45) is 5.74. The third-order valence-electron chi connectivity index (χ3n) is 9.11. The number of rotatable bonds is 1. The van der Waals surface area contributed by atoms with Crippen LogP contribution in [0, 0.1) is 36.0 Å². The third-order valence-corrected chi connectivity index (χ3v) is 9.11. The maximum Gasteiger partial charge on any atom is 0.306 e. The van der Waals surface area contributed by atoms with Gasteiger partial charge in [0.1, 0.15) is 17.7 Å². The minimum atomic E-state index is -0.575. The number of aliphatic hydroxyl groups excluding tert-OH is 1. The summed E-state index contributed by atoms with van der Waals surface area (Å²) in [5.74, 6) is 1.81. The number of aromatic nitrogens is 2. The Morgan fingerprint density at radius 2 is 1.91 bits per heavy atom. The van der Waals surface area contributed by atoms with Gasteiger partial charge in [-0.1, -0.05) is 32.8 Å². The summed E-state index contributed by atoms with van der Waals surface area (Å²) in [5, 5.41) is 10.7. The minimum absolute atomic E-state index is 0.0888. The molecule has 6 heteroatoms. The Morgan fingerprint density at radius 1 is 1.15 bits per heavy atom. The Kier molecular flexibility index (Phi) is 6.07. The highest BCUT2D eigenvalue weighted by Crippen LogP contribution is 2.50. The number of benzene rings is 1. The minimum Gasteiger partial charge on any atom is -0.457 e. The maximum absolute atomic E-state index is 13.1. The second kappa shape index (κ2) is 8.78. The highest BCUT2D eigenvalue weighted by molar-refractivity contribution is 5.88. The van der Waals surface area contributed by atoms with Crippen LogP contribution < -0.4 is 0 Å². The molecule has 5 unspecified atom stereocenters. The summed E-state index contributed by atoms with van der Waals surface area (Å²) >= 11 is 0. The Hall–Kier alpha value is -2.21. The number of ketones is 1. The summed E-state index contributed by atoms with van der Waals surface area (Å²) in [7, 11) is 2.01. The number of hydrogen-bond acceptors (Lipinski definition) is 5. The number of aliphatic hydroxyl groups is 1. The van der Waals surface area contributed by atoms with Crippen molar-refractivity contribution in [3.63, 3.8) is 0 Å². The van der Waals surface area contributed by atoms with Gasteiger partial charge in [0.15, 0.2) is 0 Å². The zero-order valence-electron chi connectivity index (χ0n) is 20.9. The van der Waals surface area contributed by atoms with Crippen LogP contribution >= 0.6 is 0 Å². The molecule has 1 aliphatic heterocycles. The van der Waals surface area contributed by atoms with Crippen molar-refractivity contribution in [2.24, 2.45) is 36.1 Å². The van der Waals surface area contributed by atoms with E-state index < -0.39 is 11.5 Å². The van der Waals surface area contributed by atoms with E-state index in [9.17, 15) is 14.7 Å². The smallest absolute Gasteiger partial charge is 0.306 e. The molecule has 2 aliphatic carbocycles. The maximum atomic E-state index is 13.1. The molecular weight excluding hydrogens is 428 g/mol. The lowest BCUT2D eigenvalue weighted by Crippen LogP contribution is -2.48. The monoisotopic (exact) mass is 466 g/mol. The van der Waals surface area contributed by atoms with Crippen molar-refractivity contribution in [1.29, 1.82) is 0 Å². The molecule has 3 aliphatic rings. The topological polar surface area (TPSA) is 81.4 Å². The molecule has 3 fully saturated rings. The van der Waals surface area contributed by atoms with Crippen LogP contribution in [0.3, 0.4) is 0 Å². The summed E-state index contributed by atoms with van der Waals surface area (Å²) in [5.41, 5.74) is 2.44. The first-order valence-corrected chi connectivity index (χ1v) is 13.0. The largest absolute Gasteiger partial charge is 0.457 e. The number of esters is 1. The van der Waals surface area contributed by atoms with Crippen LogP contribution in [-0.4, -0.2) is 32.5 Å². The van der Waals surface area contributed by atoms with Gasteiger partial charge >= 0.3 is 5.97 Å². The highest BCUT2D eigenvalue weighted by Gasteiger charge is 2.48. The Morgan fingerprint density at radius 3 is 2.71 bits per heavy atom. The fraction of sp³-hybridized carbons (Fsp3) is 0.679. The van der Waals surface area contributed by atoms with Crippen LogP contribution in [0.4, 0.5) is 0 Å². The number of imidazole rings is 1. The molecule has 34 heavy (non-hydrogen) atoms. The van der Waals surface area contributed by atoms with Gasteiger partial charge in [0, 0.05) is 24.8 Å². The molecule has 1 saturated heterocycles. The lowest BCUT2D eigenvalue weighted by Gasteiger charge is -2.43. The SMILES string of the molecule is Cc1nc2cc(C3CC4CC4CCC[C@@H]4CC(C)(CCC(=O)O3)C(=O)[C@H](C)C4O)ccc2n1C. The van der Waals surface area contributed by atoms with Crippen LogP contribution in [0.5, 0.6) is 0 Å². The lowest BCUT2D eigenvalue weighted by molar-refractivity contribution is -0.153. The van der Waals surface area contributed by atoms with Gasteiger partial charge < -0.3 is 14.4 Å². The van der Waals surface area contributed by atoms with Gasteiger partial charge in [0.2, 0.25) is 0 Å². The molecule has 1 N–H and O–H groups in total. The average molecular weight is 467 g/mol. The second-order valence-electron chi connectivity index (χ2n) is 11.5. The quantitative estimate of drug-likeness (QED) is 0.595. The van der Waals surface area contributed by atoms with Gasteiger partial charge in [-0.3, -0.25) is 9.59 Å². The highest BCUT2D eigenvalue weighted by atomic mass is 16.5. The summed E-state index contributed by atoms with van der Waals surface area (Å²) in [4.78, 5) is 30.8. The normalized spacial score (nSPS) is 37.1. The molecule has 1 aromatic carbocycles. The number of cyclic esters (lactones) is 1. The van der Waals surface area contributed by atoms with E-state index >= 15 is 0 Å². The fourth-order valence-electron chi connectivity index (χ4n) is 6.67. The molecule has 2 saturated carbocycles. The van der Waals surface area contributed by atoms with Crippen molar-refractivity contribution in [2.75, 3.05) is 0 Å². The average Bonchev–Trinajstić information content (AvgIpc) is 3.48. The number of nitrogens with zero attached hydrogens (tertiary/aromatic N) is 2. The number of hydrogen-bond donors (Lipinski definition) is 1. The Labute approximate surface area is 202 Å². The van der Waals surface area contributed by atoms with E-state index in [4.69, 9.17) is 4.74 Å². The number of carbonyl (C=O) groups excluding carboxylic acids is 2. The predicted octanol–water partition coefficient (Wildman–Crippen LogP) is 5.05.